The molecule has 0 saturated carbocycles. The predicted octanol–water partition coefficient (Wildman–Crippen LogP) is 17.9. The van der Waals surface area contributed by atoms with E-state index in [1.54, 1.807) is 6.08 Å². The molecule has 1 aliphatic heterocycles. The van der Waals surface area contributed by atoms with Gasteiger partial charge in [0.1, 0.15) is 24.4 Å². The first kappa shape index (κ1) is 79.1. The molecule has 84 heavy (non-hydrogen) atoms. The molecular formula is C73H131NO10. The molecule has 0 aromatic carbocycles. The van der Waals surface area contributed by atoms with Crippen LogP contribution in [0.2, 0.25) is 0 Å². The number of rotatable bonds is 61. The molecule has 7 atom stereocenters. The minimum absolute atomic E-state index is 0.00777. The van der Waals surface area contributed by atoms with Crippen molar-refractivity contribution in [2.45, 2.75) is 358 Å². The van der Waals surface area contributed by atoms with Crippen LogP contribution in [0.25, 0.3) is 0 Å². The average Bonchev–Trinajstić information content (AvgIpc) is 3.70. The zero-order valence-corrected chi connectivity index (χ0v) is 54.1. The molecule has 1 saturated heterocycles. The van der Waals surface area contributed by atoms with Gasteiger partial charge in [0.05, 0.1) is 32.0 Å². The zero-order valence-electron chi connectivity index (χ0n) is 54.1. The number of nitrogens with one attached hydrogen (secondary N) is 1. The van der Waals surface area contributed by atoms with E-state index in [0.29, 0.717) is 19.4 Å². The first-order valence-corrected chi connectivity index (χ1v) is 35.2. The van der Waals surface area contributed by atoms with Gasteiger partial charge in [-0.25, -0.2) is 0 Å². The summed E-state index contributed by atoms with van der Waals surface area (Å²) < 4.78 is 16.7. The third-order valence-electron chi connectivity index (χ3n) is 16.2. The van der Waals surface area contributed by atoms with Crippen LogP contribution >= 0.6 is 0 Å². The van der Waals surface area contributed by atoms with E-state index in [2.05, 4.69) is 79.9 Å². The lowest BCUT2D eigenvalue weighted by Gasteiger charge is -2.40. The summed E-state index contributed by atoms with van der Waals surface area (Å²) in [6, 6.07) is -0.838. The second kappa shape index (κ2) is 61.7. The summed E-state index contributed by atoms with van der Waals surface area (Å²) in [7, 11) is 0. The van der Waals surface area contributed by atoms with Crippen LogP contribution in [0.15, 0.2) is 72.9 Å². The molecular weight excluding hydrogens is 1050 g/mol. The van der Waals surface area contributed by atoms with Gasteiger partial charge in [-0.2, -0.15) is 0 Å². The van der Waals surface area contributed by atoms with Crippen molar-refractivity contribution in [3.63, 3.8) is 0 Å². The van der Waals surface area contributed by atoms with Crippen LogP contribution in [0.1, 0.15) is 316 Å². The summed E-state index contributed by atoms with van der Waals surface area (Å²) in [6.07, 6.45) is 73.1. The van der Waals surface area contributed by atoms with Crippen LogP contribution in [0.4, 0.5) is 0 Å². The highest BCUT2D eigenvalue weighted by atomic mass is 16.7. The molecule has 1 rings (SSSR count). The van der Waals surface area contributed by atoms with Crippen LogP contribution in [-0.2, 0) is 23.8 Å². The summed E-state index contributed by atoms with van der Waals surface area (Å²) in [5.74, 6) is -0.205. The lowest BCUT2D eigenvalue weighted by atomic mass is 9.99. The number of ether oxygens (including phenoxy) is 3. The maximum absolute atomic E-state index is 13.1. The second-order valence-corrected chi connectivity index (χ2v) is 24.2. The first-order valence-electron chi connectivity index (χ1n) is 35.2. The average molecular weight is 1180 g/mol. The van der Waals surface area contributed by atoms with Gasteiger partial charge in [-0.05, 0) is 116 Å². The first-order chi connectivity index (χ1) is 41.2. The number of aliphatic hydroxyl groups is 5. The SMILES string of the molecule is CCCCC/C=C\CCCCCCCC(=O)OCCCCCCCCCCC/C=C\C/C=C\CCCCCCCCCCCCCCCC(=O)NC(COC1OC(CO)C(O)C(O)C1O)C(O)/C=C/CC/C=C/CC/C=C/CCCCCCC. The predicted molar refractivity (Wildman–Crippen MR) is 352 cm³/mol. The fraction of sp³-hybridized carbons (Fsp3) is 0.808. The summed E-state index contributed by atoms with van der Waals surface area (Å²) in [5, 5.41) is 54.5. The lowest BCUT2D eigenvalue weighted by molar-refractivity contribution is -0.302. The highest BCUT2D eigenvalue weighted by Gasteiger charge is 2.44. The van der Waals surface area contributed by atoms with Crippen LogP contribution in [0, 0.1) is 0 Å². The minimum Gasteiger partial charge on any atom is -0.466 e. The number of hydrogen-bond acceptors (Lipinski definition) is 10. The van der Waals surface area contributed by atoms with Crippen molar-refractivity contribution in [2.24, 2.45) is 0 Å². The van der Waals surface area contributed by atoms with E-state index in [9.17, 15) is 35.1 Å². The van der Waals surface area contributed by atoms with E-state index in [1.165, 1.54) is 212 Å². The Labute approximate surface area is 515 Å². The Balaban J connectivity index is 2.03. The van der Waals surface area contributed by atoms with E-state index in [4.69, 9.17) is 14.2 Å². The maximum atomic E-state index is 13.1. The molecule has 1 aliphatic rings. The van der Waals surface area contributed by atoms with Crippen molar-refractivity contribution in [1.29, 1.82) is 0 Å². The van der Waals surface area contributed by atoms with E-state index in [0.717, 1.165) is 77.0 Å². The van der Waals surface area contributed by atoms with Gasteiger partial charge < -0.3 is 45.1 Å². The van der Waals surface area contributed by atoms with Crippen molar-refractivity contribution in [3.05, 3.63) is 72.9 Å². The number of aliphatic hydroxyl groups excluding tert-OH is 5. The summed E-state index contributed by atoms with van der Waals surface area (Å²) in [4.78, 5) is 25.1. The molecule has 0 bridgehead atoms. The Morgan fingerprint density at radius 3 is 1.27 bits per heavy atom. The maximum Gasteiger partial charge on any atom is 0.305 e. The highest BCUT2D eigenvalue weighted by Crippen LogP contribution is 2.23. The monoisotopic (exact) mass is 1180 g/mol. The topological polar surface area (TPSA) is 175 Å². The van der Waals surface area contributed by atoms with E-state index in [-0.39, 0.29) is 18.5 Å². The molecule has 0 radical (unpaired) electrons. The van der Waals surface area contributed by atoms with Gasteiger partial charge in [-0.1, -0.05) is 260 Å². The standard InChI is InChI=1S/C73H131NO10/c1-3-5-7-9-11-13-15-17-33-36-39-43-47-51-55-59-66(76)65(64-83-73-72(81)71(80)70(79)67(63-75)84-73)74-68(77)60-56-52-48-44-40-37-34-31-29-27-25-23-21-19-18-20-22-24-26-28-30-32-35-38-42-46-50-54-58-62-82-69(78)61-57-53-49-45-41-16-14-12-10-8-6-4-2/h12,14-15,17-18,20,24,26,39,43,55,59,65-67,70-73,75-76,79-81H,3-11,13,16,19,21-23,25,27-38,40-42,44-54,56-58,60-64H2,1-2H3,(H,74,77)/b14-12-,17-15+,20-18-,26-24-,43-39+,59-55+. The molecule has 7 unspecified atom stereocenters. The van der Waals surface area contributed by atoms with E-state index < -0.39 is 49.5 Å². The Hall–Kier alpha value is -2.90. The normalized spacial score (nSPS) is 18.5. The third kappa shape index (κ3) is 50.1. The van der Waals surface area contributed by atoms with E-state index >= 15 is 0 Å². The van der Waals surface area contributed by atoms with Crippen molar-refractivity contribution < 1.29 is 49.3 Å². The summed E-state index contributed by atoms with van der Waals surface area (Å²) >= 11 is 0. The summed E-state index contributed by atoms with van der Waals surface area (Å²) in [5.41, 5.74) is 0. The van der Waals surface area contributed by atoms with Gasteiger partial charge in [0.15, 0.2) is 6.29 Å². The fourth-order valence-corrected chi connectivity index (χ4v) is 10.7. The molecule has 1 amide bonds. The number of hydrogen-bond donors (Lipinski definition) is 6. The van der Waals surface area contributed by atoms with Gasteiger partial charge >= 0.3 is 5.97 Å². The minimum atomic E-state index is -1.58. The Bertz CT molecular complexity index is 1630. The number of carbonyl (C=O) groups is 2. The molecule has 488 valence electrons. The Kier molecular flexibility index (Phi) is 58.1. The van der Waals surface area contributed by atoms with Crippen LogP contribution in [0.3, 0.4) is 0 Å². The van der Waals surface area contributed by atoms with Gasteiger partial charge in [0.25, 0.3) is 0 Å². The molecule has 0 spiro atoms. The van der Waals surface area contributed by atoms with Gasteiger partial charge in [-0.15, -0.1) is 0 Å². The van der Waals surface area contributed by atoms with Crippen LogP contribution in [0.5, 0.6) is 0 Å². The second-order valence-electron chi connectivity index (χ2n) is 24.2. The Morgan fingerprint density at radius 2 is 0.810 bits per heavy atom. The number of unbranched alkanes of at least 4 members (excludes halogenated alkanes) is 37. The quantitative estimate of drug-likeness (QED) is 0.0195. The van der Waals surface area contributed by atoms with Gasteiger partial charge in [0.2, 0.25) is 5.91 Å². The number of esters is 1. The zero-order chi connectivity index (χ0) is 60.9. The fourth-order valence-electron chi connectivity index (χ4n) is 10.7. The summed E-state index contributed by atoms with van der Waals surface area (Å²) in [6.45, 7) is 4.30. The van der Waals surface area contributed by atoms with Crippen LogP contribution < -0.4 is 5.32 Å². The molecule has 0 aliphatic carbocycles. The highest BCUT2D eigenvalue weighted by molar-refractivity contribution is 5.76. The van der Waals surface area contributed by atoms with Crippen molar-refractivity contribution in [3.8, 4) is 0 Å². The molecule has 0 aromatic rings. The molecule has 11 nitrogen and oxygen atoms in total. The number of amides is 1. The van der Waals surface area contributed by atoms with Crippen molar-refractivity contribution in [1.82, 2.24) is 5.32 Å². The smallest absolute Gasteiger partial charge is 0.305 e. The van der Waals surface area contributed by atoms with Crippen molar-refractivity contribution >= 4 is 11.9 Å². The van der Waals surface area contributed by atoms with Crippen LogP contribution in [-0.4, -0.2) is 100 Å². The van der Waals surface area contributed by atoms with E-state index in [1.807, 2.05) is 6.08 Å². The molecule has 0 aromatic heterocycles. The van der Waals surface area contributed by atoms with Gasteiger partial charge in [-0.3, -0.25) is 9.59 Å². The third-order valence-corrected chi connectivity index (χ3v) is 16.2. The number of carbonyl (C=O) groups excluding carboxylic acids is 2. The molecule has 1 heterocycles. The van der Waals surface area contributed by atoms with Crippen molar-refractivity contribution in [2.75, 3.05) is 19.8 Å². The lowest BCUT2D eigenvalue weighted by Crippen LogP contribution is -2.60. The molecule has 11 heteroatoms. The molecule has 1 fully saturated rings. The molecule has 6 N–H and O–H groups in total. The Morgan fingerprint density at radius 1 is 0.440 bits per heavy atom. The number of allylic oxidation sites excluding steroid dienone is 11. The largest absolute Gasteiger partial charge is 0.466 e. The van der Waals surface area contributed by atoms with Gasteiger partial charge in [0, 0.05) is 12.8 Å².